The minimum absolute atomic E-state index is 0.0524. The molecule has 3 nitrogen and oxygen atoms in total. The number of halogens is 1. The third-order valence-corrected chi connectivity index (χ3v) is 3.59. The van der Waals surface area contributed by atoms with Crippen molar-refractivity contribution in [3.8, 4) is 0 Å². The number of nitrogens with one attached hydrogen (secondary N) is 2. The lowest BCUT2D eigenvalue weighted by Gasteiger charge is -2.28. The highest BCUT2D eigenvalue weighted by molar-refractivity contribution is 6.30. The van der Waals surface area contributed by atoms with Gasteiger partial charge in [0.05, 0.1) is 11.6 Å². The molecule has 0 aromatic heterocycles. The van der Waals surface area contributed by atoms with Crippen LogP contribution in [0.4, 0.5) is 0 Å². The van der Waals surface area contributed by atoms with Gasteiger partial charge in [0.1, 0.15) is 0 Å². The van der Waals surface area contributed by atoms with E-state index < -0.39 is 5.54 Å². The summed E-state index contributed by atoms with van der Waals surface area (Å²) in [6, 6.07) is 7.56. The maximum absolute atomic E-state index is 12.1. The number of benzene rings is 1. The molecule has 1 fully saturated rings. The van der Waals surface area contributed by atoms with Crippen LogP contribution < -0.4 is 10.6 Å². The zero-order valence-corrected chi connectivity index (χ0v) is 11.6. The van der Waals surface area contributed by atoms with Crippen molar-refractivity contribution in [1.82, 2.24) is 10.6 Å². The fourth-order valence-corrected chi connectivity index (χ4v) is 2.44. The number of carbonyl (C=O) groups excluding carboxylic acids is 1. The molecule has 1 atom stereocenters. The van der Waals surface area contributed by atoms with Gasteiger partial charge in [-0.1, -0.05) is 23.7 Å². The molecule has 0 spiro atoms. The Morgan fingerprint density at radius 3 is 2.89 bits per heavy atom. The van der Waals surface area contributed by atoms with E-state index in [-0.39, 0.29) is 11.9 Å². The van der Waals surface area contributed by atoms with E-state index in [2.05, 4.69) is 10.6 Å². The molecule has 1 unspecified atom stereocenters. The fraction of sp³-hybridized carbons (Fsp3) is 0.500. The standard InChI is InChI=1S/C14H19ClN2O/c1-14(2,10-5-3-6-11(15)9-10)17-13(18)12-7-4-8-16-12/h3,5-6,9,12,16H,4,7-8H2,1-2H3,(H,17,18). The van der Waals surface area contributed by atoms with Crippen molar-refractivity contribution >= 4 is 17.5 Å². The largest absolute Gasteiger partial charge is 0.346 e. The van der Waals surface area contributed by atoms with Gasteiger partial charge in [-0.2, -0.15) is 0 Å². The molecule has 4 heteroatoms. The zero-order valence-electron chi connectivity index (χ0n) is 10.8. The highest BCUT2D eigenvalue weighted by atomic mass is 35.5. The first-order chi connectivity index (χ1) is 8.49. The van der Waals surface area contributed by atoms with Crippen LogP contribution in [-0.4, -0.2) is 18.5 Å². The molecule has 2 N–H and O–H groups in total. The molecule has 1 aromatic rings. The summed E-state index contributed by atoms with van der Waals surface area (Å²) in [6.45, 7) is 4.91. The van der Waals surface area contributed by atoms with Crippen LogP contribution in [0.5, 0.6) is 0 Å². The minimum atomic E-state index is -0.410. The second-order valence-electron chi connectivity index (χ2n) is 5.27. The van der Waals surface area contributed by atoms with Gasteiger partial charge in [-0.15, -0.1) is 0 Å². The van der Waals surface area contributed by atoms with Crippen LogP contribution in [-0.2, 0) is 10.3 Å². The van der Waals surface area contributed by atoms with Crippen LogP contribution in [0, 0.1) is 0 Å². The molecule has 1 amide bonds. The monoisotopic (exact) mass is 266 g/mol. The predicted octanol–water partition coefficient (Wildman–Crippen LogP) is 2.44. The van der Waals surface area contributed by atoms with Crippen molar-refractivity contribution in [2.24, 2.45) is 0 Å². The van der Waals surface area contributed by atoms with Gasteiger partial charge in [-0.3, -0.25) is 4.79 Å². The van der Waals surface area contributed by atoms with Crippen LogP contribution >= 0.6 is 11.6 Å². The first-order valence-electron chi connectivity index (χ1n) is 6.30. The number of amides is 1. The van der Waals surface area contributed by atoms with E-state index in [1.165, 1.54) is 0 Å². The van der Waals surface area contributed by atoms with Crippen molar-refractivity contribution in [1.29, 1.82) is 0 Å². The van der Waals surface area contributed by atoms with E-state index in [1.54, 1.807) is 0 Å². The maximum Gasteiger partial charge on any atom is 0.237 e. The molecule has 1 saturated heterocycles. The quantitative estimate of drug-likeness (QED) is 0.882. The van der Waals surface area contributed by atoms with Gasteiger partial charge in [-0.05, 0) is 50.9 Å². The normalized spacial score (nSPS) is 19.8. The summed E-state index contributed by atoms with van der Waals surface area (Å²) in [5, 5.41) is 6.97. The average Bonchev–Trinajstić information content (AvgIpc) is 2.82. The summed E-state index contributed by atoms with van der Waals surface area (Å²) in [5.41, 5.74) is 0.605. The van der Waals surface area contributed by atoms with Gasteiger partial charge in [0.25, 0.3) is 0 Å². The van der Waals surface area contributed by atoms with E-state index in [0.29, 0.717) is 5.02 Å². The van der Waals surface area contributed by atoms with E-state index in [9.17, 15) is 4.79 Å². The van der Waals surface area contributed by atoms with Gasteiger partial charge in [0.2, 0.25) is 5.91 Å². The zero-order chi connectivity index (χ0) is 13.2. The number of carbonyl (C=O) groups is 1. The van der Waals surface area contributed by atoms with Gasteiger partial charge in [0, 0.05) is 5.02 Å². The molecule has 1 aliphatic heterocycles. The summed E-state index contributed by atoms with van der Waals surface area (Å²) in [4.78, 5) is 12.1. The lowest BCUT2D eigenvalue weighted by molar-refractivity contribution is -0.124. The molecule has 98 valence electrons. The Hall–Kier alpha value is -1.06. The highest BCUT2D eigenvalue weighted by Crippen LogP contribution is 2.23. The second kappa shape index (κ2) is 5.29. The number of hydrogen-bond donors (Lipinski definition) is 2. The van der Waals surface area contributed by atoms with E-state index >= 15 is 0 Å². The smallest absolute Gasteiger partial charge is 0.237 e. The predicted molar refractivity (Wildman–Crippen MR) is 73.6 cm³/mol. The van der Waals surface area contributed by atoms with Gasteiger partial charge >= 0.3 is 0 Å². The van der Waals surface area contributed by atoms with Crippen molar-refractivity contribution in [2.45, 2.75) is 38.3 Å². The maximum atomic E-state index is 12.1. The molecule has 0 saturated carbocycles. The van der Waals surface area contributed by atoms with Crippen LogP contribution in [0.2, 0.25) is 5.02 Å². The topological polar surface area (TPSA) is 41.1 Å². The molecule has 0 aliphatic carbocycles. The van der Waals surface area contributed by atoms with Crippen molar-refractivity contribution in [3.05, 3.63) is 34.9 Å². The van der Waals surface area contributed by atoms with Gasteiger partial charge in [-0.25, -0.2) is 0 Å². The first-order valence-corrected chi connectivity index (χ1v) is 6.68. The third kappa shape index (κ3) is 3.03. The molecular formula is C14H19ClN2O. The van der Waals surface area contributed by atoms with Crippen molar-refractivity contribution < 1.29 is 4.79 Å². The van der Waals surface area contributed by atoms with E-state index in [4.69, 9.17) is 11.6 Å². The molecular weight excluding hydrogens is 248 g/mol. The van der Waals surface area contributed by atoms with Crippen LogP contribution in [0.3, 0.4) is 0 Å². The fourth-order valence-electron chi connectivity index (χ4n) is 2.25. The summed E-state index contributed by atoms with van der Waals surface area (Å²) in [6.07, 6.45) is 1.98. The Morgan fingerprint density at radius 2 is 2.28 bits per heavy atom. The summed E-state index contributed by atoms with van der Waals surface area (Å²) >= 11 is 5.99. The third-order valence-electron chi connectivity index (χ3n) is 3.36. The van der Waals surface area contributed by atoms with E-state index in [0.717, 1.165) is 24.9 Å². The molecule has 1 heterocycles. The lowest BCUT2D eigenvalue weighted by Crippen LogP contribution is -2.48. The van der Waals surface area contributed by atoms with Crippen molar-refractivity contribution in [3.63, 3.8) is 0 Å². The van der Waals surface area contributed by atoms with E-state index in [1.807, 2.05) is 38.1 Å². The number of hydrogen-bond acceptors (Lipinski definition) is 2. The average molecular weight is 267 g/mol. The molecule has 1 aliphatic rings. The van der Waals surface area contributed by atoms with Gasteiger partial charge in [0.15, 0.2) is 0 Å². The Bertz CT molecular complexity index is 439. The molecule has 2 rings (SSSR count). The van der Waals surface area contributed by atoms with Crippen molar-refractivity contribution in [2.75, 3.05) is 6.54 Å². The Morgan fingerprint density at radius 1 is 1.50 bits per heavy atom. The highest BCUT2D eigenvalue weighted by Gasteiger charge is 2.28. The minimum Gasteiger partial charge on any atom is -0.346 e. The molecule has 0 radical (unpaired) electrons. The van der Waals surface area contributed by atoms with Crippen LogP contribution in [0.1, 0.15) is 32.3 Å². The SMILES string of the molecule is CC(C)(NC(=O)C1CCCN1)c1cccc(Cl)c1. The number of rotatable bonds is 3. The molecule has 0 bridgehead atoms. The van der Waals surface area contributed by atoms with Crippen LogP contribution in [0.15, 0.2) is 24.3 Å². The summed E-state index contributed by atoms with van der Waals surface area (Å²) in [7, 11) is 0. The summed E-state index contributed by atoms with van der Waals surface area (Å²) < 4.78 is 0. The Balaban J connectivity index is 2.08. The Kier molecular flexibility index (Phi) is 3.93. The van der Waals surface area contributed by atoms with Gasteiger partial charge < -0.3 is 10.6 Å². The lowest BCUT2D eigenvalue weighted by atomic mass is 9.94. The molecule has 18 heavy (non-hydrogen) atoms. The Labute approximate surface area is 113 Å². The first kappa shape index (κ1) is 13.4. The van der Waals surface area contributed by atoms with Crippen LogP contribution in [0.25, 0.3) is 0 Å². The summed E-state index contributed by atoms with van der Waals surface area (Å²) in [5.74, 6) is 0.0671. The molecule has 1 aromatic carbocycles. The second-order valence-corrected chi connectivity index (χ2v) is 5.71.